The first-order chi connectivity index (χ1) is 62.9. The molecule has 0 spiro atoms. The summed E-state index contributed by atoms with van der Waals surface area (Å²) in [5, 5.41) is 11.6. The molecule has 0 saturated heterocycles. The highest BCUT2D eigenvalue weighted by molar-refractivity contribution is 8.31. The zero-order valence-electron chi connectivity index (χ0n) is 92.8. The van der Waals surface area contributed by atoms with E-state index in [1.807, 2.05) is 551 Å². The van der Waals surface area contributed by atoms with E-state index in [1.165, 1.54) is 7.05 Å². The van der Waals surface area contributed by atoms with Crippen molar-refractivity contribution in [2.75, 3.05) is 71.2 Å². The van der Waals surface area contributed by atoms with E-state index in [4.69, 9.17) is 47.8 Å². The van der Waals surface area contributed by atoms with Crippen molar-refractivity contribution in [1.82, 2.24) is 20.1 Å². The highest BCUT2D eigenvalue weighted by atomic mass is 36.0. The molecule has 1 unspecified atom stereocenters. The van der Waals surface area contributed by atoms with Gasteiger partial charge in [0.25, 0.3) is 10.2 Å². The molecule has 0 aliphatic rings. The van der Waals surface area contributed by atoms with E-state index in [9.17, 15) is 17.4 Å². The molecule has 0 fully saturated rings. The number of nitrogens with one attached hydrogen (secondary N) is 8. The summed E-state index contributed by atoms with van der Waals surface area (Å²) in [6, 6.07) is 74.9. The monoisotopic (exact) mass is 2020 g/mol. The first-order valence-electron chi connectivity index (χ1n) is 47.3. The number of halogens is 4. The van der Waals surface area contributed by atoms with E-state index in [0.29, 0.717) is 10.8 Å². The zero-order chi connectivity index (χ0) is 110. The number of benzene rings is 8. The number of carbonyl (C=O) groups excluding carboxylic acids is 1. The predicted octanol–water partition coefficient (Wildman–Crippen LogP) is 36.0. The van der Waals surface area contributed by atoms with Gasteiger partial charge in [-0.2, -0.15) is 16.8 Å². The number of para-hydroxylation sites is 8. The maximum Gasteiger partial charge on any atom is 0.318 e. The van der Waals surface area contributed by atoms with Crippen molar-refractivity contribution in [1.29, 1.82) is 0 Å². The lowest BCUT2D eigenvalue weighted by atomic mass is 10.3. The second kappa shape index (κ2) is 225. The van der Waals surface area contributed by atoms with Gasteiger partial charge in [-0.1, -0.05) is 478 Å². The maximum atomic E-state index is 10.9. The summed E-state index contributed by atoms with van der Waals surface area (Å²) in [7, 11) is 15.2. The molecule has 8 aromatic rings. The van der Waals surface area contributed by atoms with Gasteiger partial charge in [0.05, 0.1) is 0 Å². The van der Waals surface area contributed by atoms with Crippen molar-refractivity contribution >= 4 is 150 Å². The molecule has 0 saturated carbocycles. The minimum atomic E-state index is -3.72. The van der Waals surface area contributed by atoms with Crippen LogP contribution in [0.4, 0.5) is 50.3 Å². The van der Waals surface area contributed by atoms with Gasteiger partial charge >= 0.3 is 14.3 Å². The summed E-state index contributed by atoms with van der Waals surface area (Å²) in [6.07, 6.45) is 0. The van der Waals surface area contributed by atoms with Gasteiger partial charge in [-0.15, -0.1) is 0 Å². The van der Waals surface area contributed by atoms with Crippen molar-refractivity contribution in [2.24, 2.45) is 0 Å². The van der Waals surface area contributed by atoms with Gasteiger partial charge < -0.3 is 44.2 Å². The van der Waals surface area contributed by atoms with Gasteiger partial charge in [0.15, 0.2) is 16.3 Å². The van der Waals surface area contributed by atoms with Gasteiger partial charge in [-0.05, 0) is 116 Å². The lowest BCUT2D eigenvalue weighted by Gasteiger charge is -2.05. The van der Waals surface area contributed by atoms with Crippen LogP contribution >= 0.6 is 54.9 Å². The number of thiocarbonyl (C=S) groups is 1. The summed E-state index contributed by atoms with van der Waals surface area (Å²) >= 11 is 3.74. The Morgan fingerprint density at radius 3 is 0.569 bits per heavy atom. The molecular formula is C102H212Cl4N12O7S5. The Kier molecular flexibility index (Phi) is 337. The molecule has 2 amide bonds. The molecule has 1 atom stereocenters. The van der Waals surface area contributed by atoms with E-state index in [1.54, 1.807) is 45.4 Å². The molecule has 780 valence electrons. The third-order valence-electron chi connectivity index (χ3n) is 8.18. The number of hydrogen-bond donors (Lipinski definition) is 12. The van der Waals surface area contributed by atoms with Crippen LogP contribution in [0.25, 0.3) is 0 Å². The van der Waals surface area contributed by atoms with Crippen LogP contribution in [-0.4, -0.2) is 64.6 Å². The molecule has 0 bridgehead atoms. The first-order valence-corrected chi connectivity index (χ1v) is 56.3. The number of carbonyl (C=O) groups is 1. The van der Waals surface area contributed by atoms with Gasteiger partial charge in [0, 0.05) is 109 Å². The van der Waals surface area contributed by atoms with Crippen LogP contribution in [0.3, 0.4) is 0 Å². The largest absolute Gasteiger partial charge is 0.399 e. The number of urea groups is 1. The fraction of sp³-hybridized carbons (Fsp3) is 0.510. The van der Waals surface area contributed by atoms with Crippen molar-refractivity contribution in [2.45, 2.75) is 332 Å². The number of anilines is 8. The Morgan fingerprint density at radius 1 is 0.277 bits per heavy atom. The van der Waals surface area contributed by atoms with E-state index in [-0.39, 0.29) is 6.03 Å². The summed E-state index contributed by atoms with van der Waals surface area (Å²) in [6.45, 7) is 96.0. The van der Waals surface area contributed by atoms with E-state index in [2.05, 4.69) is 82.9 Å². The summed E-state index contributed by atoms with van der Waals surface area (Å²) < 4.78 is 70.0. The number of amides is 2. The van der Waals surface area contributed by atoms with Gasteiger partial charge in [-0.25, -0.2) is 22.7 Å². The molecule has 8 aromatic carbocycles. The van der Waals surface area contributed by atoms with Crippen LogP contribution in [0, 0.1) is 0 Å². The fourth-order valence-corrected chi connectivity index (χ4v) is 5.74. The van der Waals surface area contributed by atoms with Crippen LogP contribution in [0.2, 0.25) is 0 Å². The number of nitrogen functional groups attached to an aromatic ring is 4. The number of nitrogens with two attached hydrogens (primary N) is 4. The van der Waals surface area contributed by atoms with Crippen LogP contribution in [0.1, 0.15) is 332 Å². The first kappa shape index (κ1) is 194. The zero-order valence-corrected chi connectivity index (χ0v) is 99.9. The van der Waals surface area contributed by atoms with E-state index < -0.39 is 38.9 Å². The third-order valence-corrected chi connectivity index (χ3v) is 10.3. The molecule has 0 radical (unpaired) electrons. The fourth-order valence-electron chi connectivity index (χ4n) is 4.62. The predicted molar refractivity (Wildman–Crippen MR) is 628 cm³/mol. The van der Waals surface area contributed by atoms with Gasteiger partial charge in [-0.3, -0.25) is 9.44 Å². The Morgan fingerprint density at radius 2 is 0.431 bits per heavy atom. The second-order valence-corrected chi connectivity index (χ2v) is 23.8. The lowest BCUT2D eigenvalue weighted by Crippen LogP contribution is -2.26. The Labute approximate surface area is 840 Å². The normalized spacial score (nSPS) is 7.24. The van der Waals surface area contributed by atoms with Crippen LogP contribution in [0.15, 0.2) is 243 Å². The van der Waals surface area contributed by atoms with Crippen LogP contribution in [-0.2, 0) is 38.9 Å². The van der Waals surface area contributed by atoms with Crippen LogP contribution < -0.4 is 63.1 Å². The van der Waals surface area contributed by atoms with E-state index in [0.717, 1.165) is 39.8 Å². The average Bonchev–Trinajstić information content (AvgIpc) is 0.881. The lowest BCUT2D eigenvalue weighted by molar-refractivity contribution is 0.254. The minimum absolute atomic E-state index is 0.198. The van der Waals surface area contributed by atoms with Crippen molar-refractivity contribution < 1.29 is 30.0 Å². The topological polar surface area (TPSA) is 320 Å². The molecule has 130 heavy (non-hydrogen) atoms. The number of hydrogen-bond acceptors (Lipinski definition) is 12. The Balaban J connectivity index is -0.0000000368. The molecule has 0 aliphatic heterocycles. The molecule has 0 heterocycles. The van der Waals surface area contributed by atoms with Crippen molar-refractivity contribution in [3.63, 3.8) is 0 Å². The molecule has 16 N–H and O–H groups in total. The van der Waals surface area contributed by atoms with Gasteiger partial charge in [0.2, 0.25) is 9.23 Å². The smallest absolute Gasteiger partial charge is 0.318 e. The maximum absolute atomic E-state index is 10.9. The minimum Gasteiger partial charge on any atom is -0.399 e. The summed E-state index contributed by atoms with van der Waals surface area (Å²) in [5.41, 5.74) is 27.9. The second-order valence-electron chi connectivity index (χ2n) is 14.5. The SMILES string of the molecule is CC.CC.CC.CC.CC.CC.CC.CC.CC.CC.CC.CC.CC.CC.CC.CC.CC.CC.CC.CC.CC.CC.CC.CC.CNC(=O)Nc1ccccc1.CNC(=S)Nc1ccccc1.CNS(=O)(=O)Nc1ccccc1.CNS(=O)Nc1ccccc1.Nc1ccccc1.Nc1ccccc1.Nc1ccccc1.Nc1ccccc1.O=S(=O)(Cl)Cl.O=S(Cl)Cl. The highest BCUT2D eigenvalue weighted by Crippen LogP contribution is 2.08. The Hall–Kier alpha value is -7.20. The molecule has 0 aliphatic carbocycles. The van der Waals surface area contributed by atoms with Crippen LogP contribution in [0.5, 0.6) is 0 Å². The molecule has 8 rings (SSSR count). The average molecular weight is 2020 g/mol. The highest BCUT2D eigenvalue weighted by Gasteiger charge is 2.04. The standard InChI is InChI=1S/C8H10N2O.C8H10N2S.C7H10N2O2S.C7H10N2OS.4C6H7N.24C2H6.Cl2O2S.Cl2OS/c2*1-9-8(11)10-7-5-3-2-4-6-7;1-8-12(10,11)9-7-5-3-2-4-6-7;1-8-11(10)9-7-5-3-2-4-6-7;4*7-6-4-2-1-3-5-6;24*1-2;1-5(2,3)4;1-4(2)3/h2*2-6H,1H3,(H2,9,10,11);2-6,8-9H,1H3;2-6,8-9H,1H3;4*1-5H,7H2;24*1-2H3;;. The summed E-state index contributed by atoms with van der Waals surface area (Å²) in [4.78, 5) is 10.8. The molecular weight excluding hydrogens is 1810 g/mol. The van der Waals surface area contributed by atoms with Crippen molar-refractivity contribution in [3.05, 3.63) is 243 Å². The van der Waals surface area contributed by atoms with Gasteiger partial charge in [0.1, 0.15) is 0 Å². The molecule has 0 aromatic heterocycles. The third kappa shape index (κ3) is 253. The van der Waals surface area contributed by atoms with E-state index >= 15 is 0 Å². The molecule has 19 nitrogen and oxygen atoms in total. The Bertz CT molecular complexity index is 2840. The molecule has 28 heteroatoms. The summed E-state index contributed by atoms with van der Waals surface area (Å²) in [5.74, 6) is 0. The quantitative estimate of drug-likeness (QED) is 0.0382. The van der Waals surface area contributed by atoms with Crippen molar-refractivity contribution in [3.8, 4) is 0 Å². The number of rotatable bonds is 8.